The Morgan fingerprint density at radius 3 is 2.67 bits per heavy atom. The first-order valence-electron chi connectivity index (χ1n) is 5.86. The molecule has 0 radical (unpaired) electrons. The molecule has 1 aromatic carbocycles. The van der Waals surface area contributed by atoms with Crippen molar-refractivity contribution >= 4 is 46.0 Å². The van der Waals surface area contributed by atoms with Crippen LogP contribution in [0.15, 0.2) is 18.2 Å². The van der Waals surface area contributed by atoms with Crippen molar-refractivity contribution in [2.45, 2.75) is 12.5 Å². The molecule has 21 heavy (non-hydrogen) atoms. The maximum Gasteiger partial charge on any atom is 0.270 e. The van der Waals surface area contributed by atoms with Crippen LogP contribution in [0.1, 0.15) is 16.8 Å². The Hall–Kier alpha value is -2.04. The van der Waals surface area contributed by atoms with Gasteiger partial charge in [-0.15, -0.1) is 0 Å². The summed E-state index contributed by atoms with van der Waals surface area (Å²) in [6.07, 6.45) is -0.105. The van der Waals surface area contributed by atoms with E-state index in [1.807, 2.05) is 22.6 Å². The van der Waals surface area contributed by atoms with Gasteiger partial charge in [0.1, 0.15) is 6.04 Å². The number of non-ortho nitro benzene ring substituents is 1. The van der Waals surface area contributed by atoms with Crippen LogP contribution in [-0.4, -0.2) is 40.6 Å². The Morgan fingerprint density at radius 1 is 1.48 bits per heavy atom. The lowest BCUT2D eigenvalue weighted by molar-refractivity contribution is -0.384. The molecule has 8 nitrogen and oxygen atoms in total. The monoisotopic (exact) mass is 403 g/mol. The highest BCUT2D eigenvalue weighted by molar-refractivity contribution is 14.1. The number of imide groups is 1. The number of nitro benzene ring substituents is 1. The van der Waals surface area contributed by atoms with Gasteiger partial charge in [0, 0.05) is 22.8 Å². The molecule has 110 valence electrons. The molecule has 0 aliphatic carbocycles. The highest BCUT2D eigenvalue weighted by Gasteiger charge is 2.37. The summed E-state index contributed by atoms with van der Waals surface area (Å²) in [7, 11) is 1.34. The molecule has 1 fully saturated rings. The molecule has 3 amide bonds. The number of likely N-dealkylation sites (N-methyl/N-ethyl adjacent to an activating group) is 1. The lowest BCUT2D eigenvalue weighted by Gasteiger charge is -2.11. The molecule has 1 saturated heterocycles. The van der Waals surface area contributed by atoms with E-state index >= 15 is 0 Å². The molecule has 1 unspecified atom stereocenters. The summed E-state index contributed by atoms with van der Waals surface area (Å²) in [6, 6.07) is 2.95. The van der Waals surface area contributed by atoms with Crippen LogP contribution in [-0.2, 0) is 9.59 Å². The van der Waals surface area contributed by atoms with E-state index in [0.717, 1.165) is 11.0 Å². The maximum absolute atomic E-state index is 12.1. The van der Waals surface area contributed by atoms with Gasteiger partial charge in [0.2, 0.25) is 5.91 Å². The van der Waals surface area contributed by atoms with Crippen molar-refractivity contribution in [2.75, 3.05) is 7.05 Å². The van der Waals surface area contributed by atoms with Crippen LogP contribution < -0.4 is 5.32 Å². The third-order valence-corrected chi connectivity index (χ3v) is 4.03. The first kappa shape index (κ1) is 15.4. The van der Waals surface area contributed by atoms with Gasteiger partial charge in [0.25, 0.3) is 17.5 Å². The molecule has 1 aliphatic rings. The summed E-state index contributed by atoms with van der Waals surface area (Å²) in [5.41, 5.74) is -0.119. The number of hydrogen-bond acceptors (Lipinski definition) is 5. The van der Waals surface area contributed by atoms with Crippen molar-refractivity contribution in [1.82, 2.24) is 10.2 Å². The lowest BCUT2D eigenvalue weighted by Crippen LogP contribution is -2.40. The number of carbonyl (C=O) groups is 3. The number of amides is 3. The van der Waals surface area contributed by atoms with Crippen LogP contribution in [0, 0.1) is 13.7 Å². The van der Waals surface area contributed by atoms with E-state index in [9.17, 15) is 24.5 Å². The molecule has 1 heterocycles. The maximum atomic E-state index is 12.1. The molecule has 0 bridgehead atoms. The molecule has 0 spiro atoms. The van der Waals surface area contributed by atoms with E-state index < -0.39 is 22.8 Å². The smallest absolute Gasteiger partial charge is 0.270 e. The SMILES string of the molecule is CN1C(=O)CC(NC(=O)c2cc([N+](=O)[O-])ccc2I)C1=O. The van der Waals surface area contributed by atoms with Gasteiger partial charge in [0.15, 0.2) is 0 Å². The zero-order valence-corrected chi connectivity index (χ0v) is 13.0. The van der Waals surface area contributed by atoms with Crippen molar-refractivity contribution in [2.24, 2.45) is 0 Å². The number of likely N-dealkylation sites (tertiary alicyclic amines) is 1. The molecule has 1 atom stereocenters. The molecule has 0 saturated carbocycles. The Balaban J connectivity index is 2.21. The van der Waals surface area contributed by atoms with Gasteiger partial charge in [-0.2, -0.15) is 0 Å². The van der Waals surface area contributed by atoms with Crippen LogP contribution >= 0.6 is 22.6 Å². The predicted octanol–water partition coefficient (Wildman–Crippen LogP) is 0.686. The summed E-state index contributed by atoms with van der Waals surface area (Å²) in [4.78, 5) is 46.3. The van der Waals surface area contributed by atoms with E-state index in [2.05, 4.69) is 5.32 Å². The molecule has 1 aromatic rings. The number of halogens is 1. The highest BCUT2D eigenvalue weighted by atomic mass is 127. The first-order valence-corrected chi connectivity index (χ1v) is 6.94. The average Bonchev–Trinajstić information content (AvgIpc) is 2.66. The second-order valence-corrected chi connectivity index (χ2v) is 5.60. The minimum absolute atomic E-state index is 0.0969. The van der Waals surface area contributed by atoms with E-state index in [1.54, 1.807) is 0 Å². The van der Waals surface area contributed by atoms with Crippen LogP contribution in [0.4, 0.5) is 5.69 Å². The second-order valence-electron chi connectivity index (χ2n) is 4.44. The van der Waals surface area contributed by atoms with Gasteiger partial charge in [-0.05, 0) is 28.7 Å². The highest BCUT2D eigenvalue weighted by Crippen LogP contribution is 2.20. The summed E-state index contributed by atoms with van der Waals surface area (Å²) in [5.74, 6) is -1.49. The van der Waals surface area contributed by atoms with Crippen molar-refractivity contribution < 1.29 is 19.3 Å². The number of benzene rings is 1. The van der Waals surface area contributed by atoms with E-state index in [-0.39, 0.29) is 23.6 Å². The lowest BCUT2D eigenvalue weighted by atomic mass is 10.1. The van der Waals surface area contributed by atoms with Gasteiger partial charge < -0.3 is 5.32 Å². The van der Waals surface area contributed by atoms with Crippen LogP contribution in [0.3, 0.4) is 0 Å². The molecule has 1 aliphatic heterocycles. The largest absolute Gasteiger partial charge is 0.340 e. The Bertz CT molecular complexity index is 660. The third-order valence-electron chi connectivity index (χ3n) is 3.09. The van der Waals surface area contributed by atoms with Gasteiger partial charge in [-0.25, -0.2) is 0 Å². The van der Waals surface area contributed by atoms with Crippen molar-refractivity contribution in [3.05, 3.63) is 37.4 Å². The minimum Gasteiger partial charge on any atom is -0.340 e. The Morgan fingerprint density at radius 2 is 2.14 bits per heavy atom. The van der Waals surface area contributed by atoms with E-state index in [4.69, 9.17) is 0 Å². The van der Waals surface area contributed by atoms with Crippen LogP contribution in [0.2, 0.25) is 0 Å². The van der Waals surface area contributed by atoms with E-state index in [0.29, 0.717) is 3.57 Å². The molecular weight excluding hydrogens is 393 g/mol. The van der Waals surface area contributed by atoms with Crippen molar-refractivity contribution in [3.63, 3.8) is 0 Å². The summed E-state index contributed by atoms with van der Waals surface area (Å²) >= 11 is 1.87. The molecular formula is C12H10IN3O5. The Kier molecular flexibility index (Phi) is 4.21. The number of carbonyl (C=O) groups excluding carboxylic acids is 3. The number of rotatable bonds is 3. The van der Waals surface area contributed by atoms with Gasteiger partial charge in [0.05, 0.1) is 16.9 Å². The summed E-state index contributed by atoms with van der Waals surface area (Å²) in [5, 5.41) is 13.2. The molecule has 9 heteroatoms. The summed E-state index contributed by atoms with van der Waals surface area (Å²) < 4.78 is 0.515. The summed E-state index contributed by atoms with van der Waals surface area (Å²) in [6.45, 7) is 0. The molecule has 0 aromatic heterocycles. The third kappa shape index (κ3) is 3.01. The second kappa shape index (κ2) is 5.76. The van der Waals surface area contributed by atoms with Gasteiger partial charge in [-0.1, -0.05) is 0 Å². The number of hydrogen-bond donors (Lipinski definition) is 1. The zero-order chi connectivity index (χ0) is 15.7. The topological polar surface area (TPSA) is 110 Å². The first-order chi connectivity index (χ1) is 9.81. The number of nitrogens with zero attached hydrogens (tertiary/aromatic N) is 2. The quantitative estimate of drug-likeness (QED) is 0.346. The fourth-order valence-corrected chi connectivity index (χ4v) is 2.49. The standard InChI is InChI=1S/C12H10IN3O5/c1-15-10(17)5-9(12(15)19)14-11(18)7-4-6(16(20)21)2-3-8(7)13/h2-4,9H,5H2,1H3,(H,14,18). The zero-order valence-electron chi connectivity index (χ0n) is 10.8. The Labute approximate surface area is 132 Å². The number of nitro groups is 1. The minimum atomic E-state index is -0.926. The van der Waals surface area contributed by atoms with Crippen molar-refractivity contribution in [1.29, 1.82) is 0 Å². The number of nitrogens with one attached hydrogen (secondary N) is 1. The van der Waals surface area contributed by atoms with Gasteiger partial charge >= 0.3 is 0 Å². The van der Waals surface area contributed by atoms with Crippen LogP contribution in [0.25, 0.3) is 0 Å². The van der Waals surface area contributed by atoms with Gasteiger partial charge in [-0.3, -0.25) is 29.4 Å². The predicted molar refractivity (Wildman–Crippen MR) is 79.5 cm³/mol. The van der Waals surface area contributed by atoms with E-state index in [1.165, 1.54) is 19.2 Å². The molecule has 2 rings (SSSR count). The van der Waals surface area contributed by atoms with Crippen molar-refractivity contribution in [3.8, 4) is 0 Å². The molecule has 1 N–H and O–H groups in total. The fraction of sp³-hybridized carbons (Fsp3) is 0.250. The van der Waals surface area contributed by atoms with Crippen LogP contribution in [0.5, 0.6) is 0 Å². The normalized spacial score (nSPS) is 18.0. The average molecular weight is 403 g/mol. The fourth-order valence-electron chi connectivity index (χ4n) is 1.91.